The largest absolute Gasteiger partial charge is 0.317 e. The van der Waals surface area contributed by atoms with E-state index in [0.717, 1.165) is 32.4 Å². The molecule has 2 rings (SSSR count). The molecule has 1 heterocycles. The Labute approximate surface area is 133 Å². The number of halogens is 2. The van der Waals surface area contributed by atoms with Gasteiger partial charge >= 0.3 is 0 Å². The Morgan fingerprint density at radius 1 is 1.38 bits per heavy atom. The van der Waals surface area contributed by atoms with Crippen molar-refractivity contribution in [2.24, 2.45) is 0 Å². The molecule has 7 heteroatoms. The van der Waals surface area contributed by atoms with Crippen LogP contribution < -0.4 is 5.32 Å². The molecule has 0 saturated carbocycles. The van der Waals surface area contributed by atoms with Crippen LogP contribution in [0.2, 0.25) is 0 Å². The SMILES string of the molecule is CCCN(C1CCNCC1)S(=O)(=O)c1ccc(F)cc1Br. The van der Waals surface area contributed by atoms with Gasteiger partial charge in [0.2, 0.25) is 10.0 Å². The van der Waals surface area contributed by atoms with Gasteiger partial charge in [-0.3, -0.25) is 0 Å². The lowest BCUT2D eigenvalue weighted by atomic mass is 10.1. The summed E-state index contributed by atoms with van der Waals surface area (Å²) in [6.07, 6.45) is 2.36. The number of sulfonamides is 1. The van der Waals surface area contributed by atoms with Crippen LogP contribution in [0.5, 0.6) is 0 Å². The van der Waals surface area contributed by atoms with Crippen LogP contribution in [0.4, 0.5) is 4.39 Å². The minimum Gasteiger partial charge on any atom is -0.317 e. The topological polar surface area (TPSA) is 49.4 Å². The molecule has 0 atom stereocenters. The molecule has 1 aliphatic rings. The minimum absolute atomic E-state index is 0.00755. The van der Waals surface area contributed by atoms with E-state index in [4.69, 9.17) is 0 Å². The maximum Gasteiger partial charge on any atom is 0.244 e. The predicted molar refractivity (Wildman–Crippen MR) is 84.2 cm³/mol. The zero-order valence-corrected chi connectivity index (χ0v) is 14.4. The Bertz CT molecular complexity index is 589. The number of nitrogens with one attached hydrogen (secondary N) is 1. The van der Waals surface area contributed by atoms with Crippen LogP contribution in [0.15, 0.2) is 27.6 Å². The first kappa shape index (κ1) is 16.9. The van der Waals surface area contributed by atoms with Crippen molar-refractivity contribution in [3.63, 3.8) is 0 Å². The normalized spacial score (nSPS) is 17.3. The lowest BCUT2D eigenvalue weighted by Gasteiger charge is -2.33. The van der Waals surface area contributed by atoms with E-state index in [1.54, 1.807) is 4.31 Å². The molecule has 1 aromatic carbocycles. The van der Waals surface area contributed by atoms with Crippen LogP contribution in [0.25, 0.3) is 0 Å². The number of benzene rings is 1. The Balaban J connectivity index is 2.36. The van der Waals surface area contributed by atoms with E-state index in [2.05, 4.69) is 21.2 Å². The Kier molecular flexibility index (Phi) is 5.76. The second-order valence-corrected chi connectivity index (χ2v) is 7.88. The standard InChI is InChI=1S/C14H20BrFN2O2S/c1-2-9-18(12-5-7-17-8-6-12)21(19,20)14-4-3-11(16)10-13(14)15/h3-4,10,12,17H,2,5-9H2,1H3. The second-order valence-electron chi connectivity index (χ2n) is 5.17. The lowest BCUT2D eigenvalue weighted by molar-refractivity contribution is 0.262. The summed E-state index contributed by atoms with van der Waals surface area (Å²) in [5, 5.41) is 3.24. The third-order valence-corrected chi connectivity index (χ3v) is 6.57. The van der Waals surface area contributed by atoms with Crippen LogP contribution in [0, 0.1) is 5.82 Å². The summed E-state index contributed by atoms with van der Waals surface area (Å²) in [5.74, 6) is -0.454. The summed E-state index contributed by atoms with van der Waals surface area (Å²) in [6.45, 7) is 4.09. The van der Waals surface area contributed by atoms with Crippen LogP contribution in [-0.2, 0) is 10.0 Å². The van der Waals surface area contributed by atoms with Gasteiger partial charge in [0.1, 0.15) is 5.82 Å². The molecule has 1 N–H and O–H groups in total. The molecule has 1 aliphatic heterocycles. The maximum absolute atomic E-state index is 13.2. The van der Waals surface area contributed by atoms with E-state index >= 15 is 0 Å². The molecule has 1 fully saturated rings. The quantitative estimate of drug-likeness (QED) is 0.856. The van der Waals surface area contributed by atoms with E-state index in [0.29, 0.717) is 6.54 Å². The van der Waals surface area contributed by atoms with Crippen molar-refractivity contribution in [3.8, 4) is 0 Å². The van der Waals surface area contributed by atoms with Gasteiger partial charge in [0.05, 0.1) is 4.90 Å². The van der Waals surface area contributed by atoms with Gasteiger partial charge in [-0.1, -0.05) is 6.92 Å². The summed E-state index contributed by atoms with van der Waals surface area (Å²) in [6, 6.07) is 3.72. The first-order chi connectivity index (χ1) is 9.96. The molecule has 0 unspecified atom stereocenters. The number of hydrogen-bond acceptors (Lipinski definition) is 3. The first-order valence-electron chi connectivity index (χ1n) is 7.14. The molecule has 0 radical (unpaired) electrons. The van der Waals surface area contributed by atoms with Crippen molar-refractivity contribution >= 4 is 26.0 Å². The van der Waals surface area contributed by atoms with Gasteiger partial charge in [0.15, 0.2) is 0 Å². The lowest BCUT2D eigenvalue weighted by Crippen LogP contribution is -2.46. The molecule has 1 aromatic rings. The van der Waals surface area contributed by atoms with Gasteiger partial charge in [-0.2, -0.15) is 4.31 Å². The number of nitrogens with zero attached hydrogens (tertiary/aromatic N) is 1. The average molecular weight is 379 g/mol. The van der Waals surface area contributed by atoms with Gasteiger partial charge in [-0.05, 0) is 66.5 Å². The maximum atomic E-state index is 13.2. The molecule has 1 saturated heterocycles. The molecule has 0 spiro atoms. The molecule has 0 aliphatic carbocycles. The highest BCUT2D eigenvalue weighted by Gasteiger charge is 2.32. The fourth-order valence-electron chi connectivity index (χ4n) is 2.62. The van der Waals surface area contributed by atoms with E-state index in [9.17, 15) is 12.8 Å². The van der Waals surface area contributed by atoms with Crippen LogP contribution in [0.3, 0.4) is 0 Å². The fourth-order valence-corrected chi connectivity index (χ4v) is 5.41. The average Bonchev–Trinajstić information content (AvgIpc) is 2.45. The Morgan fingerprint density at radius 3 is 2.62 bits per heavy atom. The summed E-state index contributed by atoms with van der Waals surface area (Å²) in [4.78, 5) is 0.135. The summed E-state index contributed by atoms with van der Waals surface area (Å²) < 4.78 is 40.9. The molecule has 21 heavy (non-hydrogen) atoms. The van der Waals surface area contributed by atoms with Crippen molar-refractivity contribution in [3.05, 3.63) is 28.5 Å². The molecule has 0 bridgehead atoms. The third-order valence-electron chi connectivity index (χ3n) is 3.64. The smallest absolute Gasteiger partial charge is 0.244 e. The van der Waals surface area contributed by atoms with Crippen molar-refractivity contribution in [1.82, 2.24) is 9.62 Å². The molecule has 0 aromatic heterocycles. The van der Waals surface area contributed by atoms with Crippen LogP contribution >= 0.6 is 15.9 Å². The van der Waals surface area contributed by atoms with E-state index in [-0.39, 0.29) is 15.4 Å². The van der Waals surface area contributed by atoms with Gasteiger partial charge in [0, 0.05) is 17.1 Å². The Hall–Kier alpha value is -0.500. The Morgan fingerprint density at radius 2 is 2.05 bits per heavy atom. The van der Waals surface area contributed by atoms with Crippen LogP contribution in [0.1, 0.15) is 26.2 Å². The summed E-state index contributed by atoms with van der Waals surface area (Å²) >= 11 is 3.17. The van der Waals surface area contributed by atoms with Gasteiger partial charge < -0.3 is 5.32 Å². The van der Waals surface area contributed by atoms with Crippen molar-refractivity contribution in [1.29, 1.82) is 0 Å². The molecular weight excluding hydrogens is 359 g/mol. The highest BCUT2D eigenvalue weighted by molar-refractivity contribution is 9.10. The van der Waals surface area contributed by atoms with E-state index < -0.39 is 15.8 Å². The molecular formula is C14H20BrFN2O2S. The van der Waals surface area contributed by atoms with Gasteiger partial charge in [-0.15, -0.1) is 0 Å². The van der Waals surface area contributed by atoms with Crippen LogP contribution in [-0.4, -0.2) is 38.4 Å². The number of rotatable bonds is 5. The molecule has 0 amide bonds. The zero-order valence-electron chi connectivity index (χ0n) is 12.0. The first-order valence-corrected chi connectivity index (χ1v) is 9.37. The molecule has 4 nitrogen and oxygen atoms in total. The van der Waals surface area contributed by atoms with E-state index in [1.165, 1.54) is 18.2 Å². The van der Waals surface area contributed by atoms with E-state index in [1.807, 2.05) is 6.92 Å². The predicted octanol–water partition coefficient (Wildman–Crippen LogP) is 2.74. The van der Waals surface area contributed by atoms with Crippen molar-refractivity contribution in [2.75, 3.05) is 19.6 Å². The fraction of sp³-hybridized carbons (Fsp3) is 0.571. The second kappa shape index (κ2) is 7.17. The monoisotopic (exact) mass is 378 g/mol. The van der Waals surface area contributed by atoms with Crippen molar-refractivity contribution < 1.29 is 12.8 Å². The zero-order chi connectivity index (χ0) is 15.5. The van der Waals surface area contributed by atoms with Crippen molar-refractivity contribution in [2.45, 2.75) is 37.1 Å². The number of hydrogen-bond donors (Lipinski definition) is 1. The van der Waals surface area contributed by atoms with Gasteiger partial charge in [0.25, 0.3) is 0 Å². The van der Waals surface area contributed by atoms with Gasteiger partial charge in [-0.25, -0.2) is 12.8 Å². The highest BCUT2D eigenvalue weighted by Crippen LogP contribution is 2.29. The molecule has 118 valence electrons. The summed E-state index contributed by atoms with van der Waals surface area (Å²) in [7, 11) is -3.62. The number of piperidine rings is 1. The highest BCUT2D eigenvalue weighted by atomic mass is 79.9. The minimum atomic E-state index is -3.62. The summed E-state index contributed by atoms with van der Waals surface area (Å²) in [5.41, 5.74) is 0. The third kappa shape index (κ3) is 3.83.